The molecule has 2 N–H and O–H groups in total. The molecule has 1 aromatic rings. The second-order valence-electron chi connectivity index (χ2n) is 5.94. The predicted molar refractivity (Wildman–Crippen MR) is 87.8 cm³/mol. The molecular weight excluding hydrogens is 298 g/mol. The van der Waals surface area contributed by atoms with E-state index in [9.17, 15) is 4.79 Å². The predicted octanol–water partition coefficient (Wildman–Crippen LogP) is 2.02. The SMILES string of the molecule is CCCN1CC(C(=O)OCC)=C[C@@H]2Cc3nc(N)sc3C[C@H]21. The number of rotatable bonds is 4. The molecule has 0 saturated heterocycles. The van der Waals surface area contributed by atoms with Crippen LogP contribution in [0.4, 0.5) is 5.13 Å². The summed E-state index contributed by atoms with van der Waals surface area (Å²) in [7, 11) is 0. The van der Waals surface area contributed by atoms with Crippen LogP contribution < -0.4 is 5.73 Å². The lowest BCUT2D eigenvalue weighted by atomic mass is 9.81. The molecule has 0 saturated carbocycles. The summed E-state index contributed by atoms with van der Waals surface area (Å²) in [6.45, 7) is 6.14. The monoisotopic (exact) mass is 321 g/mol. The number of ether oxygens (including phenoxy) is 1. The van der Waals surface area contributed by atoms with Gasteiger partial charge in [-0.25, -0.2) is 9.78 Å². The van der Waals surface area contributed by atoms with E-state index >= 15 is 0 Å². The number of hydrogen-bond acceptors (Lipinski definition) is 6. The molecule has 1 aliphatic carbocycles. The summed E-state index contributed by atoms with van der Waals surface area (Å²) >= 11 is 1.61. The maximum atomic E-state index is 12.1. The molecular formula is C16H23N3O2S. The minimum atomic E-state index is -0.175. The van der Waals surface area contributed by atoms with Gasteiger partial charge >= 0.3 is 5.97 Å². The van der Waals surface area contributed by atoms with E-state index in [-0.39, 0.29) is 5.97 Å². The van der Waals surface area contributed by atoms with Crippen LogP contribution in [0.5, 0.6) is 0 Å². The molecule has 0 radical (unpaired) electrons. The largest absolute Gasteiger partial charge is 0.463 e. The van der Waals surface area contributed by atoms with Crippen molar-refractivity contribution in [1.82, 2.24) is 9.88 Å². The van der Waals surface area contributed by atoms with Crippen molar-refractivity contribution in [2.75, 3.05) is 25.4 Å². The smallest absolute Gasteiger partial charge is 0.335 e. The molecule has 0 bridgehead atoms. The topological polar surface area (TPSA) is 68.5 Å². The zero-order valence-electron chi connectivity index (χ0n) is 13.2. The van der Waals surface area contributed by atoms with Gasteiger partial charge in [-0.3, -0.25) is 4.90 Å². The Morgan fingerprint density at radius 3 is 3.05 bits per heavy atom. The van der Waals surface area contributed by atoms with Gasteiger partial charge in [-0.15, -0.1) is 11.3 Å². The number of carbonyl (C=O) groups excluding carboxylic acids is 1. The Labute approximate surface area is 135 Å². The number of fused-ring (bicyclic) bond motifs is 2. The van der Waals surface area contributed by atoms with Crippen LogP contribution in [0.1, 0.15) is 30.8 Å². The van der Waals surface area contributed by atoms with Crippen molar-refractivity contribution in [1.29, 1.82) is 0 Å². The van der Waals surface area contributed by atoms with Crippen LogP contribution >= 0.6 is 11.3 Å². The van der Waals surface area contributed by atoms with Crippen molar-refractivity contribution < 1.29 is 9.53 Å². The summed E-state index contributed by atoms with van der Waals surface area (Å²) < 4.78 is 5.19. The van der Waals surface area contributed by atoms with Crippen LogP contribution in [0, 0.1) is 5.92 Å². The van der Waals surface area contributed by atoms with E-state index in [1.807, 2.05) is 6.92 Å². The molecule has 3 rings (SSSR count). The van der Waals surface area contributed by atoms with Crippen LogP contribution in [0.3, 0.4) is 0 Å². The maximum Gasteiger partial charge on any atom is 0.335 e. The molecule has 0 fully saturated rings. The summed E-state index contributed by atoms with van der Waals surface area (Å²) in [6.07, 6.45) is 5.06. The first-order valence-electron chi connectivity index (χ1n) is 7.98. The number of carbonyl (C=O) groups is 1. The molecule has 6 heteroatoms. The van der Waals surface area contributed by atoms with E-state index < -0.39 is 0 Å². The number of nitrogens with zero attached hydrogens (tertiary/aromatic N) is 2. The Kier molecular flexibility index (Phi) is 4.49. The van der Waals surface area contributed by atoms with Gasteiger partial charge in [0.2, 0.25) is 0 Å². The van der Waals surface area contributed by atoms with E-state index in [0.29, 0.717) is 30.2 Å². The quantitative estimate of drug-likeness (QED) is 0.859. The number of thiazole rings is 1. The van der Waals surface area contributed by atoms with Gasteiger partial charge < -0.3 is 10.5 Å². The highest BCUT2D eigenvalue weighted by atomic mass is 32.1. The standard InChI is InChI=1S/C16H23N3O2S/c1-3-5-19-9-11(15(20)21-4-2)6-10-7-12-14(8-13(10)19)22-16(17)18-12/h6,10,13H,3-5,7-9H2,1-2H3,(H2,17,18)/t10-,13-/m1/s1. The molecule has 0 spiro atoms. The van der Waals surface area contributed by atoms with Crippen LogP contribution in [-0.4, -0.2) is 41.6 Å². The van der Waals surface area contributed by atoms with Crippen molar-refractivity contribution in [3.63, 3.8) is 0 Å². The first-order chi connectivity index (χ1) is 10.6. The molecule has 2 heterocycles. The molecule has 5 nitrogen and oxygen atoms in total. The number of nitrogens with two attached hydrogens (primary N) is 1. The van der Waals surface area contributed by atoms with Crippen molar-refractivity contribution in [3.8, 4) is 0 Å². The Hall–Kier alpha value is -1.40. The Bertz CT molecular complexity index is 596. The number of hydrogen-bond donors (Lipinski definition) is 1. The van der Waals surface area contributed by atoms with Gasteiger partial charge in [-0.2, -0.15) is 0 Å². The summed E-state index contributed by atoms with van der Waals surface area (Å²) in [5.74, 6) is 0.152. The molecule has 0 aromatic carbocycles. The third-order valence-corrected chi connectivity index (χ3v) is 5.37. The highest BCUT2D eigenvalue weighted by Gasteiger charge is 2.38. The number of aromatic nitrogens is 1. The van der Waals surface area contributed by atoms with Crippen LogP contribution in [0.2, 0.25) is 0 Å². The molecule has 0 amide bonds. The molecule has 1 aliphatic heterocycles. The van der Waals surface area contributed by atoms with E-state index in [1.54, 1.807) is 11.3 Å². The first kappa shape index (κ1) is 15.5. The highest BCUT2D eigenvalue weighted by molar-refractivity contribution is 7.15. The Balaban J connectivity index is 1.88. The van der Waals surface area contributed by atoms with Crippen molar-refractivity contribution >= 4 is 22.4 Å². The van der Waals surface area contributed by atoms with E-state index in [2.05, 4.69) is 22.9 Å². The average Bonchev–Trinajstić information content (AvgIpc) is 2.84. The fraction of sp³-hybridized carbons (Fsp3) is 0.625. The van der Waals surface area contributed by atoms with Crippen LogP contribution in [0.25, 0.3) is 0 Å². The number of esters is 1. The van der Waals surface area contributed by atoms with Gasteiger partial charge in [0.25, 0.3) is 0 Å². The van der Waals surface area contributed by atoms with Crippen LogP contribution in [0.15, 0.2) is 11.6 Å². The van der Waals surface area contributed by atoms with Gasteiger partial charge in [0.1, 0.15) is 0 Å². The maximum absolute atomic E-state index is 12.1. The van der Waals surface area contributed by atoms with E-state index in [1.165, 1.54) is 4.88 Å². The number of anilines is 1. The summed E-state index contributed by atoms with van der Waals surface area (Å²) in [5.41, 5.74) is 7.77. The molecule has 1 aromatic heterocycles. The molecule has 120 valence electrons. The minimum absolute atomic E-state index is 0.175. The van der Waals surface area contributed by atoms with Crippen molar-refractivity contribution in [2.24, 2.45) is 5.92 Å². The normalized spacial score (nSPS) is 24.4. The van der Waals surface area contributed by atoms with Gasteiger partial charge in [-0.05, 0) is 38.6 Å². The van der Waals surface area contributed by atoms with Gasteiger partial charge in [0, 0.05) is 23.0 Å². The second kappa shape index (κ2) is 6.38. The lowest BCUT2D eigenvalue weighted by Crippen LogP contribution is -2.49. The summed E-state index contributed by atoms with van der Waals surface area (Å²) in [6, 6.07) is 0.450. The van der Waals surface area contributed by atoms with Crippen molar-refractivity contribution in [2.45, 2.75) is 39.2 Å². The highest BCUT2D eigenvalue weighted by Crippen LogP contribution is 2.37. The van der Waals surface area contributed by atoms with Gasteiger partial charge in [0.15, 0.2) is 5.13 Å². The third kappa shape index (κ3) is 2.90. The molecule has 22 heavy (non-hydrogen) atoms. The van der Waals surface area contributed by atoms with Crippen LogP contribution in [-0.2, 0) is 22.4 Å². The van der Waals surface area contributed by atoms with E-state index in [0.717, 1.165) is 37.1 Å². The zero-order valence-corrected chi connectivity index (χ0v) is 14.0. The van der Waals surface area contributed by atoms with Crippen molar-refractivity contribution in [3.05, 3.63) is 22.2 Å². The summed E-state index contributed by atoms with van der Waals surface area (Å²) in [5, 5.41) is 0.653. The fourth-order valence-electron chi connectivity index (χ4n) is 3.53. The lowest BCUT2D eigenvalue weighted by Gasteiger charge is -2.42. The third-order valence-electron chi connectivity index (χ3n) is 4.42. The summed E-state index contributed by atoms with van der Waals surface area (Å²) in [4.78, 5) is 20.3. The molecule has 0 unspecified atom stereocenters. The first-order valence-corrected chi connectivity index (χ1v) is 8.79. The van der Waals surface area contributed by atoms with E-state index in [4.69, 9.17) is 10.5 Å². The second-order valence-corrected chi connectivity index (χ2v) is 7.06. The fourth-order valence-corrected chi connectivity index (χ4v) is 4.44. The Morgan fingerprint density at radius 1 is 1.50 bits per heavy atom. The molecule has 2 aliphatic rings. The molecule has 2 atom stereocenters. The van der Waals surface area contributed by atoms with Gasteiger partial charge in [0.05, 0.1) is 12.3 Å². The zero-order chi connectivity index (χ0) is 15.7. The average molecular weight is 321 g/mol. The lowest BCUT2D eigenvalue weighted by molar-refractivity contribution is -0.139. The Morgan fingerprint density at radius 2 is 2.32 bits per heavy atom. The van der Waals surface area contributed by atoms with Gasteiger partial charge in [-0.1, -0.05) is 13.0 Å². The number of nitrogen functional groups attached to an aromatic ring is 1. The minimum Gasteiger partial charge on any atom is -0.463 e.